The van der Waals surface area contributed by atoms with Gasteiger partial charge in [0.1, 0.15) is 24.0 Å². The summed E-state index contributed by atoms with van der Waals surface area (Å²) in [5.41, 5.74) is 10.3. The van der Waals surface area contributed by atoms with Gasteiger partial charge in [-0.25, -0.2) is 24.3 Å². The van der Waals surface area contributed by atoms with Gasteiger partial charge in [0.2, 0.25) is 5.69 Å². The fourth-order valence-corrected chi connectivity index (χ4v) is 4.58. The van der Waals surface area contributed by atoms with E-state index in [1.165, 1.54) is 12.4 Å². The lowest BCUT2D eigenvalue weighted by molar-refractivity contribution is -0.485. The van der Waals surface area contributed by atoms with E-state index in [4.69, 9.17) is 16.9 Å². The minimum Gasteiger partial charge on any atom is -0.420 e. The van der Waals surface area contributed by atoms with Crippen molar-refractivity contribution >= 4 is 44.3 Å². The molecule has 0 spiro atoms. The van der Waals surface area contributed by atoms with Gasteiger partial charge >= 0.3 is 11.7 Å². The highest BCUT2D eigenvalue weighted by molar-refractivity contribution is 6.23. The van der Waals surface area contributed by atoms with Crippen molar-refractivity contribution in [3.05, 3.63) is 59.7 Å². The number of aryl methyl sites for hydroxylation is 3. The Morgan fingerprint density at radius 3 is 2.71 bits per heavy atom. The zero-order chi connectivity index (χ0) is 24.4. The Labute approximate surface area is 198 Å². The van der Waals surface area contributed by atoms with E-state index < -0.39 is 5.82 Å². The highest BCUT2D eigenvalue weighted by Gasteiger charge is 2.28. The molecule has 0 aliphatic rings. The molecule has 6 heterocycles. The molecule has 6 rings (SSSR count). The van der Waals surface area contributed by atoms with Crippen LogP contribution in [0.3, 0.4) is 0 Å². The topological polar surface area (TPSA) is 109 Å². The van der Waals surface area contributed by atoms with E-state index in [0.29, 0.717) is 27.8 Å². The molecule has 10 heteroatoms. The molecule has 0 aliphatic heterocycles. The molecule has 0 aliphatic carbocycles. The van der Waals surface area contributed by atoms with Crippen molar-refractivity contribution in [3.8, 4) is 24.1 Å². The van der Waals surface area contributed by atoms with E-state index in [2.05, 4.69) is 30.8 Å². The Balaban J connectivity index is 1.83. The average molecular weight is 465 g/mol. The number of aromatic nitrogens is 7. The maximum Gasteiger partial charge on any atom is 0.339 e. The first-order valence-electron chi connectivity index (χ1n) is 10.7. The van der Waals surface area contributed by atoms with Gasteiger partial charge in [-0.1, -0.05) is 0 Å². The minimum atomic E-state index is -0.552. The molecule has 0 unspecified atom stereocenters. The summed E-state index contributed by atoms with van der Waals surface area (Å²) in [5, 5.41) is 1.90. The number of rotatable bonds is 2. The molecule has 9 nitrogen and oxygen atoms in total. The summed E-state index contributed by atoms with van der Waals surface area (Å²) in [6, 6.07) is 4.95. The summed E-state index contributed by atoms with van der Waals surface area (Å²) < 4.78 is 25.2. The van der Waals surface area contributed by atoms with E-state index in [0.717, 1.165) is 22.2 Å². The molecule has 0 fully saturated rings. The summed E-state index contributed by atoms with van der Waals surface area (Å²) in [5.74, 6) is 2.47. The van der Waals surface area contributed by atoms with Gasteiger partial charge in [-0.2, -0.15) is 4.40 Å². The van der Waals surface area contributed by atoms with Crippen LogP contribution in [0.4, 0.5) is 10.2 Å². The summed E-state index contributed by atoms with van der Waals surface area (Å²) in [6.45, 7) is 3.75. The molecule has 6 aromatic heterocycles. The van der Waals surface area contributed by atoms with Crippen LogP contribution in [0.5, 0.6) is 11.8 Å². The van der Waals surface area contributed by atoms with Crippen molar-refractivity contribution in [1.82, 2.24) is 29.5 Å². The predicted octanol–water partition coefficient (Wildman–Crippen LogP) is 3.31. The third-order valence-corrected chi connectivity index (χ3v) is 6.02. The van der Waals surface area contributed by atoms with Gasteiger partial charge in [-0.3, -0.25) is 0 Å². The maximum atomic E-state index is 15.9. The van der Waals surface area contributed by atoms with Gasteiger partial charge in [0.05, 0.1) is 21.7 Å². The smallest absolute Gasteiger partial charge is 0.339 e. The second-order valence-electron chi connectivity index (χ2n) is 8.23. The number of fused-ring (bicyclic) bond motifs is 8. The molecule has 0 bridgehead atoms. The largest absolute Gasteiger partial charge is 0.420 e. The number of hydrogen-bond acceptors (Lipinski definition) is 7. The fourth-order valence-electron chi connectivity index (χ4n) is 4.58. The number of nitrogens with two attached hydrogens (primary N) is 1. The molecular weight excluding hydrogens is 447 g/mol. The van der Waals surface area contributed by atoms with E-state index in [1.807, 2.05) is 31.5 Å². The molecule has 0 saturated heterocycles. The zero-order valence-electron chi connectivity index (χ0n) is 19.0. The predicted molar refractivity (Wildman–Crippen MR) is 128 cm³/mol. The van der Waals surface area contributed by atoms with Crippen molar-refractivity contribution in [1.29, 1.82) is 0 Å². The van der Waals surface area contributed by atoms with Gasteiger partial charge in [-0.15, -0.1) is 6.42 Å². The van der Waals surface area contributed by atoms with Crippen molar-refractivity contribution in [3.63, 3.8) is 0 Å². The quantitative estimate of drug-likeness (QED) is 0.237. The van der Waals surface area contributed by atoms with Crippen molar-refractivity contribution in [2.75, 3.05) is 5.73 Å². The minimum absolute atomic E-state index is 0.103. The Bertz CT molecular complexity index is 1900. The van der Waals surface area contributed by atoms with Crippen LogP contribution in [0, 0.1) is 32.0 Å². The summed E-state index contributed by atoms with van der Waals surface area (Å²) in [4.78, 5) is 21.6. The number of anilines is 1. The number of hydrogen-bond donors (Lipinski definition) is 1. The van der Waals surface area contributed by atoms with Crippen LogP contribution in [0.25, 0.3) is 38.5 Å². The Morgan fingerprint density at radius 2 is 1.94 bits per heavy atom. The highest BCUT2D eigenvalue weighted by Crippen LogP contribution is 2.38. The fraction of sp³-hybridized carbons (Fsp3) is 0.120. The molecule has 2 N–H and O–H groups in total. The zero-order valence-corrected chi connectivity index (χ0v) is 19.0. The number of pyridine rings is 3. The molecule has 0 amide bonds. The Kier molecular flexibility index (Phi) is 4.31. The van der Waals surface area contributed by atoms with Gasteiger partial charge < -0.3 is 15.0 Å². The van der Waals surface area contributed by atoms with Gasteiger partial charge in [0, 0.05) is 31.1 Å². The van der Waals surface area contributed by atoms with Gasteiger partial charge in [-0.05, 0) is 36.4 Å². The van der Waals surface area contributed by atoms with E-state index >= 15 is 4.39 Å². The van der Waals surface area contributed by atoms with Crippen molar-refractivity contribution < 1.29 is 13.5 Å². The molecule has 0 aromatic carbocycles. The van der Waals surface area contributed by atoms with Crippen LogP contribution < -0.4 is 14.9 Å². The first-order chi connectivity index (χ1) is 16.9. The van der Waals surface area contributed by atoms with Crippen LogP contribution in [0.15, 0.2) is 36.9 Å². The first-order valence-corrected chi connectivity index (χ1v) is 10.7. The number of nitrogen functional groups attached to an aromatic ring is 1. The van der Waals surface area contributed by atoms with Crippen molar-refractivity contribution in [2.45, 2.75) is 13.8 Å². The van der Waals surface area contributed by atoms with Crippen LogP contribution in [-0.2, 0) is 7.05 Å². The molecular formula is C25H18FN8O+. The SMILES string of the molecule is C#Cc1cc(C)c2c3c(c4c(N)ncnc4n3C)c3c(F)cc(Oc4nccc(C)n4)c[n+]3c2n1. The second kappa shape index (κ2) is 7.30. The lowest BCUT2D eigenvalue weighted by Crippen LogP contribution is -2.26. The van der Waals surface area contributed by atoms with E-state index in [-0.39, 0.29) is 23.1 Å². The Hall–Kier alpha value is -4.91. The molecule has 0 radical (unpaired) electrons. The van der Waals surface area contributed by atoms with Crippen LogP contribution in [0.2, 0.25) is 0 Å². The third kappa shape index (κ3) is 2.95. The van der Waals surface area contributed by atoms with Gasteiger partial charge in [0.15, 0.2) is 17.1 Å². The van der Waals surface area contributed by atoms with Crippen LogP contribution in [-0.4, -0.2) is 29.5 Å². The molecule has 0 saturated carbocycles. The molecule has 0 atom stereocenters. The molecule has 170 valence electrons. The summed E-state index contributed by atoms with van der Waals surface area (Å²) >= 11 is 0. The number of nitrogens with zero attached hydrogens (tertiary/aromatic N) is 7. The average Bonchev–Trinajstić information content (AvgIpc) is 3.12. The molecule has 6 aromatic rings. The maximum absolute atomic E-state index is 15.9. The molecule has 35 heavy (non-hydrogen) atoms. The third-order valence-electron chi connectivity index (χ3n) is 6.02. The second-order valence-corrected chi connectivity index (χ2v) is 8.23. The summed E-state index contributed by atoms with van der Waals surface area (Å²) in [6.07, 6.45) is 10.3. The van der Waals surface area contributed by atoms with Crippen LogP contribution >= 0.6 is 0 Å². The Morgan fingerprint density at radius 1 is 1.11 bits per heavy atom. The van der Waals surface area contributed by atoms with Gasteiger partial charge in [0.25, 0.3) is 0 Å². The normalized spacial score (nSPS) is 11.5. The number of terminal acetylenes is 1. The number of halogens is 1. The first kappa shape index (κ1) is 20.7. The van der Waals surface area contributed by atoms with Crippen LogP contribution in [0.1, 0.15) is 17.0 Å². The van der Waals surface area contributed by atoms with Crippen molar-refractivity contribution in [2.24, 2.45) is 7.05 Å². The van der Waals surface area contributed by atoms with E-state index in [9.17, 15) is 0 Å². The lowest BCUT2D eigenvalue weighted by atomic mass is 10.1. The summed E-state index contributed by atoms with van der Waals surface area (Å²) in [7, 11) is 1.85. The lowest BCUT2D eigenvalue weighted by Gasteiger charge is -2.09. The standard InChI is InChI=1S/C25H18FN8O/c1-5-14-8-12(2)17-21-18(19-22(27)29-11-30-23(19)33(21)4)20-16(26)9-15(10-34(20)24(17)32-14)35-25-28-7-6-13(3)31-25/h1,6-11H,2-4H3,(H2,27,29,30)/q+1. The number of ether oxygens (including phenoxy) is 1. The van der Waals surface area contributed by atoms with E-state index in [1.54, 1.807) is 22.9 Å². The highest BCUT2D eigenvalue weighted by atomic mass is 19.1. The monoisotopic (exact) mass is 465 g/mol.